The monoisotopic (exact) mass is 492 g/mol. The zero-order chi connectivity index (χ0) is 24.8. The summed E-state index contributed by atoms with van der Waals surface area (Å²) in [6, 6.07) is 7.97. The van der Waals surface area contributed by atoms with E-state index in [2.05, 4.69) is 25.2 Å². The van der Waals surface area contributed by atoms with Crippen molar-refractivity contribution in [3.8, 4) is 17.1 Å². The molecule has 2 aromatic carbocycles. The van der Waals surface area contributed by atoms with Gasteiger partial charge in [-0.2, -0.15) is 5.10 Å². The van der Waals surface area contributed by atoms with Crippen molar-refractivity contribution in [1.29, 1.82) is 0 Å². The number of nitrogens with zero attached hydrogens (tertiary/aromatic N) is 5. The number of aromatic nitrogens is 5. The third-order valence-corrected chi connectivity index (χ3v) is 6.88. The highest BCUT2D eigenvalue weighted by molar-refractivity contribution is 6.04. The molecule has 0 unspecified atom stereocenters. The first-order chi connectivity index (χ1) is 17.5. The number of halogens is 3. The van der Waals surface area contributed by atoms with Crippen LogP contribution >= 0.6 is 0 Å². The molecule has 4 aromatic rings. The second-order valence-electron chi connectivity index (χ2n) is 9.19. The molecule has 1 aliphatic carbocycles. The largest absolute Gasteiger partial charge is 0.318 e. The van der Waals surface area contributed by atoms with Gasteiger partial charge in [0.05, 0.1) is 11.4 Å². The molecule has 2 aromatic heterocycles. The number of hydrogen-bond donors (Lipinski definition) is 1. The Morgan fingerprint density at radius 1 is 0.861 bits per heavy atom. The summed E-state index contributed by atoms with van der Waals surface area (Å²) < 4.78 is 45.6. The van der Waals surface area contributed by atoms with Crippen molar-refractivity contribution in [3.63, 3.8) is 0 Å². The molecule has 0 saturated carbocycles. The molecule has 0 atom stereocenters. The summed E-state index contributed by atoms with van der Waals surface area (Å²) >= 11 is 0. The number of aryl methyl sites for hydroxylation is 1. The molecule has 3 heterocycles. The molecule has 10 heteroatoms. The number of rotatable bonds is 4. The zero-order valence-corrected chi connectivity index (χ0v) is 19.4. The average Bonchev–Trinajstić information content (AvgIpc) is 3.54. The van der Waals surface area contributed by atoms with E-state index in [0.29, 0.717) is 29.9 Å². The Balaban J connectivity index is 1.32. The first kappa shape index (κ1) is 22.5. The number of benzene rings is 2. The van der Waals surface area contributed by atoms with E-state index >= 15 is 0 Å². The third kappa shape index (κ3) is 3.86. The van der Waals surface area contributed by atoms with Crippen LogP contribution in [-0.4, -0.2) is 30.5 Å². The summed E-state index contributed by atoms with van der Waals surface area (Å²) in [5.41, 5.74) is 2.64. The van der Waals surface area contributed by atoms with E-state index < -0.39 is 23.4 Å². The van der Waals surface area contributed by atoms with Crippen molar-refractivity contribution in [3.05, 3.63) is 76.6 Å². The Labute approximate surface area is 205 Å². The van der Waals surface area contributed by atoms with Crippen molar-refractivity contribution in [1.82, 2.24) is 24.5 Å². The van der Waals surface area contributed by atoms with Gasteiger partial charge in [-0.3, -0.25) is 4.79 Å². The maximum Gasteiger partial charge on any atom is 0.276 e. The number of fused-ring (bicyclic) bond motifs is 2. The maximum atomic E-state index is 14.8. The van der Waals surface area contributed by atoms with Crippen LogP contribution in [-0.2, 0) is 25.8 Å². The van der Waals surface area contributed by atoms with Gasteiger partial charge in [0.15, 0.2) is 23.2 Å². The van der Waals surface area contributed by atoms with Gasteiger partial charge in [0, 0.05) is 35.9 Å². The van der Waals surface area contributed by atoms with Crippen molar-refractivity contribution in [2.24, 2.45) is 0 Å². The molecule has 0 radical (unpaired) electrons. The van der Waals surface area contributed by atoms with Crippen molar-refractivity contribution < 1.29 is 18.0 Å². The van der Waals surface area contributed by atoms with Gasteiger partial charge in [-0.05, 0) is 62.4 Å². The lowest BCUT2D eigenvalue weighted by Crippen LogP contribution is -2.16. The second-order valence-corrected chi connectivity index (χ2v) is 9.19. The molecular weight excluding hydrogens is 469 g/mol. The van der Waals surface area contributed by atoms with Crippen LogP contribution in [0.25, 0.3) is 17.1 Å². The SMILES string of the molecule is O=C(Nc1cc(-c2nnc3n2CCCCC3)ccc1F)c1nn(-c2ccc(F)c(F)c2)c2c1CCC2. The minimum absolute atomic E-state index is 0.0117. The molecule has 184 valence electrons. The standard InChI is InChI=1S/C26H23F3N6O/c27-18-11-9-16(14-20(18)29)35-22-6-4-5-17(22)24(33-35)26(36)30-21-13-15(8-10-19(21)28)25-32-31-23-7-2-1-3-12-34(23)25/h8-11,13-14H,1-7,12H2,(H,30,36). The summed E-state index contributed by atoms with van der Waals surface area (Å²) in [6.07, 6.45) is 6.13. The summed E-state index contributed by atoms with van der Waals surface area (Å²) in [5, 5.41) is 15.7. The third-order valence-electron chi connectivity index (χ3n) is 6.88. The maximum absolute atomic E-state index is 14.8. The van der Waals surface area contributed by atoms with Gasteiger partial charge in [0.25, 0.3) is 5.91 Å². The van der Waals surface area contributed by atoms with E-state index in [1.807, 2.05) is 0 Å². The van der Waals surface area contributed by atoms with Crippen LogP contribution < -0.4 is 5.32 Å². The normalized spacial score (nSPS) is 14.9. The van der Waals surface area contributed by atoms with Crippen molar-refractivity contribution in [2.75, 3.05) is 5.32 Å². The van der Waals surface area contributed by atoms with E-state index in [-0.39, 0.29) is 11.4 Å². The Morgan fingerprint density at radius 3 is 2.58 bits per heavy atom. The molecule has 6 rings (SSSR count). The lowest BCUT2D eigenvalue weighted by atomic mass is 10.1. The molecule has 2 aliphatic rings. The van der Waals surface area contributed by atoms with E-state index in [0.717, 1.165) is 67.9 Å². The van der Waals surface area contributed by atoms with Gasteiger partial charge >= 0.3 is 0 Å². The minimum atomic E-state index is -0.994. The lowest BCUT2D eigenvalue weighted by Gasteiger charge is -2.10. The van der Waals surface area contributed by atoms with Crippen LogP contribution in [0.5, 0.6) is 0 Å². The smallest absolute Gasteiger partial charge is 0.276 e. The van der Waals surface area contributed by atoms with Crippen molar-refractivity contribution in [2.45, 2.75) is 51.5 Å². The number of carbonyl (C=O) groups is 1. The second kappa shape index (κ2) is 8.92. The fourth-order valence-corrected chi connectivity index (χ4v) is 5.09. The molecule has 36 heavy (non-hydrogen) atoms. The number of anilines is 1. The number of nitrogens with one attached hydrogen (secondary N) is 1. The minimum Gasteiger partial charge on any atom is -0.318 e. The van der Waals surface area contributed by atoms with Gasteiger partial charge in [0.2, 0.25) is 0 Å². The van der Waals surface area contributed by atoms with E-state index in [1.54, 1.807) is 12.1 Å². The zero-order valence-electron chi connectivity index (χ0n) is 19.4. The number of carbonyl (C=O) groups excluding carboxylic acids is 1. The molecule has 0 spiro atoms. The Hall–Kier alpha value is -3.95. The first-order valence-electron chi connectivity index (χ1n) is 12.1. The van der Waals surface area contributed by atoms with Crippen LogP contribution in [0.3, 0.4) is 0 Å². The Bertz CT molecular complexity index is 1490. The molecule has 1 aliphatic heterocycles. The van der Waals surface area contributed by atoms with E-state index in [1.165, 1.54) is 16.8 Å². The fraction of sp³-hybridized carbons (Fsp3) is 0.308. The molecule has 0 saturated heterocycles. The number of amides is 1. The Kier molecular flexibility index (Phi) is 5.58. The average molecular weight is 493 g/mol. The lowest BCUT2D eigenvalue weighted by molar-refractivity contribution is 0.102. The quantitative estimate of drug-likeness (QED) is 0.434. The predicted molar refractivity (Wildman–Crippen MR) is 126 cm³/mol. The van der Waals surface area contributed by atoms with Gasteiger partial charge in [-0.25, -0.2) is 17.9 Å². The topological polar surface area (TPSA) is 77.6 Å². The van der Waals surface area contributed by atoms with Crippen LogP contribution in [0.2, 0.25) is 0 Å². The van der Waals surface area contributed by atoms with Crippen LogP contribution in [0.15, 0.2) is 36.4 Å². The summed E-state index contributed by atoms with van der Waals surface area (Å²) in [4.78, 5) is 13.2. The predicted octanol–water partition coefficient (Wildman–Crippen LogP) is 5.02. The summed E-state index contributed by atoms with van der Waals surface area (Å²) in [6.45, 7) is 0.796. The van der Waals surface area contributed by atoms with E-state index in [4.69, 9.17) is 0 Å². The Morgan fingerprint density at radius 2 is 1.72 bits per heavy atom. The highest BCUT2D eigenvalue weighted by atomic mass is 19.2. The molecule has 7 nitrogen and oxygen atoms in total. The summed E-state index contributed by atoms with van der Waals surface area (Å²) in [5.74, 6) is -1.54. The highest BCUT2D eigenvalue weighted by Gasteiger charge is 2.28. The molecule has 0 bridgehead atoms. The van der Waals surface area contributed by atoms with Crippen LogP contribution in [0.1, 0.15) is 53.3 Å². The van der Waals surface area contributed by atoms with Crippen LogP contribution in [0, 0.1) is 17.5 Å². The van der Waals surface area contributed by atoms with E-state index in [9.17, 15) is 18.0 Å². The number of hydrogen-bond acceptors (Lipinski definition) is 4. The van der Waals surface area contributed by atoms with Crippen molar-refractivity contribution >= 4 is 11.6 Å². The van der Waals surface area contributed by atoms with Gasteiger partial charge in [-0.15, -0.1) is 10.2 Å². The van der Waals surface area contributed by atoms with Gasteiger partial charge in [0.1, 0.15) is 11.6 Å². The first-order valence-corrected chi connectivity index (χ1v) is 12.1. The molecule has 0 fully saturated rings. The molecular formula is C26H23F3N6O. The molecule has 1 N–H and O–H groups in total. The molecule has 1 amide bonds. The van der Waals surface area contributed by atoms with Gasteiger partial charge in [-0.1, -0.05) is 6.42 Å². The van der Waals surface area contributed by atoms with Crippen LogP contribution in [0.4, 0.5) is 18.9 Å². The summed E-state index contributed by atoms with van der Waals surface area (Å²) in [7, 11) is 0. The fourth-order valence-electron chi connectivity index (χ4n) is 5.09. The van der Waals surface area contributed by atoms with Gasteiger partial charge < -0.3 is 9.88 Å². The highest BCUT2D eigenvalue weighted by Crippen LogP contribution is 2.30.